The van der Waals surface area contributed by atoms with Crippen LogP contribution in [0.4, 0.5) is 13.2 Å². The standard InChI is InChI=1S/C23H23F3N2O3S2/c1-32-20-6-5-16-10-17(12-27-19-7-8-33(29,30)14-19)22(28-21(16)11-20)31-13-15-3-2-4-18(9-15)23(24,25)26/h2-6,9-11,19,27H,7-8,12-14H2,1H3/t19-/m0/s1. The largest absolute Gasteiger partial charge is 0.473 e. The quantitative estimate of drug-likeness (QED) is 0.473. The van der Waals surface area contributed by atoms with E-state index in [2.05, 4.69) is 10.3 Å². The molecule has 0 radical (unpaired) electrons. The van der Waals surface area contributed by atoms with Crippen molar-refractivity contribution in [3.05, 3.63) is 65.2 Å². The highest BCUT2D eigenvalue weighted by molar-refractivity contribution is 7.98. The Kier molecular flexibility index (Phi) is 6.88. The van der Waals surface area contributed by atoms with Crippen LogP contribution < -0.4 is 10.1 Å². The fourth-order valence-corrected chi connectivity index (χ4v) is 5.89. The number of nitrogens with zero attached hydrogens (tertiary/aromatic N) is 1. The summed E-state index contributed by atoms with van der Waals surface area (Å²) < 4.78 is 68.5. The molecule has 3 aromatic rings. The second-order valence-corrected chi connectivity index (χ2v) is 11.1. The predicted octanol–water partition coefficient (Wildman–Crippen LogP) is 4.83. The number of hydrogen-bond acceptors (Lipinski definition) is 6. The second kappa shape index (κ2) is 9.52. The van der Waals surface area contributed by atoms with Crippen molar-refractivity contribution in [2.45, 2.75) is 36.7 Å². The molecule has 1 aliphatic heterocycles. The molecule has 5 nitrogen and oxygen atoms in total. The van der Waals surface area contributed by atoms with Crippen LogP contribution >= 0.6 is 11.8 Å². The van der Waals surface area contributed by atoms with Crippen LogP contribution in [0, 0.1) is 0 Å². The summed E-state index contributed by atoms with van der Waals surface area (Å²) in [5, 5.41) is 4.15. The maximum absolute atomic E-state index is 13.0. The molecule has 0 saturated carbocycles. The molecule has 4 rings (SSSR count). The monoisotopic (exact) mass is 496 g/mol. The summed E-state index contributed by atoms with van der Waals surface area (Å²) in [6.45, 7) is 0.265. The topological polar surface area (TPSA) is 68.3 Å². The van der Waals surface area contributed by atoms with Gasteiger partial charge in [0.15, 0.2) is 9.84 Å². The van der Waals surface area contributed by atoms with E-state index in [1.165, 1.54) is 6.07 Å². The molecule has 1 saturated heterocycles. The minimum absolute atomic E-state index is 0.0740. The van der Waals surface area contributed by atoms with Gasteiger partial charge in [0.2, 0.25) is 5.88 Å². The number of hydrogen-bond donors (Lipinski definition) is 1. The van der Waals surface area contributed by atoms with Gasteiger partial charge in [-0.25, -0.2) is 13.4 Å². The van der Waals surface area contributed by atoms with E-state index in [0.29, 0.717) is 29.9 Å². The lowest BCUT2D eigenvalue weighted by Gasteiger charge is -2.16. The number of sulfone groups is 1. The first-order chi connectivity index (χ1) is 15.6. The van der Waals surface area contributed by atoms with Gasteiger partial charge in [-0.3, -0.25) is 0 Å². The number of benzene rings is 2. The molecule has 2 aromatic carbocycles. The third-order valence-electron chi connectivity index (χ3n) is 5.51. The minimum atomic E-state index is -4.43. The first kappa shape index (κ1) is 23.8. The summed E-state index contributed by atoms with van der Waals surface area (Å²) >= 11 is 1.58. The van der Waals surface area contributed by atoms with Crippen LogP contribution in [0.2, 0.25) is 0 Å². The van der Waals surface area contributed by atoms with Crippen LogP contribution in [-0.2, 0) is 29.2 Å². The van der Waals surface area contributed by atoms with Crippen LogP contribution in [0.3, 0.4) is 0 Å². The molecule has 10 heteroatoms. The molecular formula is C23H23F3N2O3S2. The zero-order chi connectivity index (χ0) is 23.6. The van der Waals surface area contributed by atoms with Crippen molar-refractivity contribution >= 4 is 32.5 Å². The molecule has 2 heterocycles. The van der Waals surface area contributed by atoms with Gasteiger partial charge in [-0.15, -0.1) is 11.8 Å². The number of aromatic nitrogens is 1. The number of halogens is 3. The van der Waals surface area contributed by atoms with Crippen LogP contribution in [0.5, 0.6) is 5.88 Å². The van der Waals surface area contributed by atoms with E-state index >= 15 is 0 Å². The van der Waals surface area contributed by atoms with Gasteiger partial charge in [-0.1, -0.05) is 18.2 Å². The van der Waals surface area contributed by atoms with Gasteiger partial charge in [-0.2, -0.15) is 13.2 Å². The van der Waals surface area contributed by atoms with Gasteiger partial charge in [0.1, 0.15) is 6.61 Å². The molecule has 1 aliphatic rings. The van der Waals surface area contributed by atoms with Crippen LogP contribution in [0.1, 0.15) is 23.1 Å². The Hall–Kier alpha value is -2.30. The Bertz CT molecular complexity index is 1260. The Morgan fingerprint density at radius 3 is 2.70 bits per heavy atom. The lowest BCUT2D eigenvalue weighted by Crippen LogP contribution is -2.29. The SMILES string of the molecule is CSc1ccc2cc(CN[C@H]3CCS(=O)(=O)C3)c(OCc3cccc(C(F)(F)F)c3)nc2c1. The van der Waals surface area contributed by atoms with E-state index in [1.54, 1.807) is 17.8 Å². The molecule has 1 aromatic heterocycles. The Morgan fingerprint density at radius 1 is 1.18 bits per heavy atom. The van der Waals surface area contributed by atoms with Gasteiger partial charge in [-0.05, 0) is 48.6 Å². The number of rotatable bonds is 7. The van der Waals surface area contributed by atoms with Crippen molar-refractivity contribution in [3.63, 3.8) is 0 Å². The Morgan fingerprint density at radius 2 is 2.00 bits per heavy atom. The van der Waals surface area contributed by atoms with Gasteiger partial charge in [0, 0.05) is 28.4 Å². The summed E-state index contributed by atoms with van der Waals surface area (Å²) in [7, 11) is -3.02. The third-order valence-corrected chi connectivity index (χ3v) is 8.00. The first-order valence-electron chi connectivity index (χ1n) is 10.3. The number of fused-ring (bicyclic) bond motifs is 1. The summed E-state index contributed by atoms with van der Waals surface area (Å²) in [6, 6.07) is 12.6. The average Bonchev–Trinajstić information content (AvgIpc) is 3.13. The number of nitrogens with one attached hydrogen (secondary N) is 1. The Balaban J connectivity index is 1.59. The van der Waals surface area contributed by atoms with Crippen molar-refractivity contribution in [2.75, 3.05) is 17.8 Å². The highest BCUT2D eigenvalue weighted by Crippen LogP contribution is 2.30. The number of ether oxygens (including phenoxy) is 1. The van der Waals surface area contributed by atoms with Gasteiger partial charge in [0.05, 0.1) is 22.6 Å². The highest BCUT2D eigenvalue weighted by Gasteiger charge is 2.30. The van der Waals surface area contributed by atoms with Gasteiger partial charge in [0.25, 0.3) is 0 Å². The fourth-order valence-electron chi connectivity index (χ4n) is 3.75. The molecule has 1 fully saturated rings. The zero-order valence-electron chi connectivity index (χ0n) is 17.9. The smallest absolute Gasteiger partial charge is 0.416 e. The van der Waals surface area contributed by atoms with E-state index in [-0.39, 0.29) is 24.2 Å². The molecule has 33 heavy (non-hydrogen) atoms. The molecule has 0 amide bonds. The van der Waals surface area contributed by atoms with E-state index in [4.69, 9.17) is 4.74 Å². The summed E-state index contributed by atoms with van der Waals surface area (Å²) in [6.07, 6.45) is -1.93. The molecular weight excluding hydrogens is 473 g/mol. The summed E-state index contributed by atoms with van der Waals surface area (Å²) in [5.41, 5.74) is 1.08. The Labute approximate surface area is 194 Å². The zero-order valence-corrected chi connectivity index (χ0v) is 19.5. The molecule has 176 valence electrons. The van der Waals surface area contributed by atoms with Crippen LogP contribution in [0.25, 0.3) is 10.9 Å². The third kappa shape index (κ3) is 5.99. The van der Waals surface area contributed by atoms with E-state index in [0.717, 1.165) is 28.0 Å². The summed E-state index contributed by atoms with van der Waals surface area (Å²) in [5.74, 6) is 0.564. The van der Waals surface area contributed by atoms with Crippen molar-refractivity contribution in [3.8, 4) is 5.88 Å². The fraction of sp³-hybridized carbons (Fsp3) is 0.348. The maximum atomic E-state index is 13.0. The van der Waals surface area contributed by atoms with Crippen molar-refractivity contribution in [1.82, 2.24) is 10.3 Å². The van der Waals surface area contributed by atoms with E-state index < -0.39 is 21.6 Å². The highest BCUT2D eigenvalue weighted by atomic mass is 32.2. The summed E-state index contributed by atoms with van der Waals surface area (Å²) in [4.78, 5) is 5.66. The molecule has 1 N–H and O–H groups in total. The molecule has 0 bridgehead atoms. The number of pyridine rings is 1. The normalized spacial score (nSPS) is 18.0. The van der Waals surface area contributed by atoms with Crippen molar-refractivity contribution in [2.24, 2.45) is 0 Å². The van der Waals surface area contributed by atoms with Crippen molar-refractivity contribution < 1.29 is 26.3 Å². The molecule has 0 spiro atoms. The molecule has 1 atom stereocenters. The molecule has 0 unspecified atom stereocenters. The minimum Gasteiger partial charge on any atom is -0.473 e. The molecule has 0 aliphatic carbocycles. The number of thioether (sulfide) groups is 1. The average molecular weight is 497 g/mol. The van der Waals surface area contributed by atoms with E-state index in [1.807, 2.05) is 30.5 Å². The maximum Gasteiger partial charge on any atom is 0.416 e. The predicted molar refractivity (Wildman–Crippen MR) is 123 cm³/mol. The number of alkyl halides is 3. The first-order valence-corrected chi connectivity index (χ1v) is 13.4. The lowest BCUT2D eigenvalue weighted by molar-refractivity contribution is -0.137. The van der Waals surface area contributed by atoms with Crippen LogP contribution in [-0.4, -0.2) is 37.2 Å². The van der Waals surface area contributed by atoms with Gasteiger partial charge >= 0.3 is 6.18 Å². The van der Waals surface area contributed by atoms with Crippen molar-refractivity contribution in [1.29, 1.82) is 0 Å². The van der Waals surface area contributed by atoms with E-state index in [9.17, 15) is 21.6 Å². The van der Waals surface area contributed by atoms with Gasteiger partial charge < -0.3 is 10.1 Å². The second-order valence-electron chi connectivity index (χ2n) is 7.98. The lowest BCUT2D eigenvalue weighted by atomic mass is 10.1. The van der Waals surface area contributed by atoms with Crippen LogP contribution in [0.15, 0.2) is 53.4 Å².